The molecule has 0 aliphatic carbocycles. The highest BCUT2D eigenvalue weighted by Crippen LogP contribution is 2.34. The van der Waals surface area contributed by atoms with Crippen LogP contribution in [0.3, 0.4) is 0 Å². The van der Waals surface area contributed by atoms with E-state index in [2.05, 4.69) is 4.36 Å². The highest BCUT2D eigenvalue weighted by molar-refractivity contribution is 8.03. The van der Waals surface area contributed by atoms with Gasteiger partial charge in [0.1, 0.15) is 21.8 Å². The maximum atomic E-state index is 13.2. The zero-order valence-electron chi connectivity index (χ0n) is 9.42. The number of fused-ring (bicyclic) bond motifs is 1. The summed E-state index contributed by atoms with van der Waals surface area (Å²) in [6, 6.07) is 13.3. The van der Waals surface area contributed by atoms with E-state index < -0.39 is 10.1 Å². The Labute approximate surface area is 106 Å². The Morgan fingerprint density at radius 3 is 2.61 bits per heavy atom. The second-order valence-electron chi connectivity index (χ2n) is 3.98. The quantitative estimate of drug-likeness (QED) is 0.714. The molecule has 0 bridgehead atoms. The molecule has 1 aliphatic heterocycles. The molecule has 1 unspecified atom stereocenters. The second kappa shape index (κ2) is 4.15. The van der Waals surface area contributed by atoms with Crippen LogP contribution in [0.4, 0.5) is 10.1 Å². The highest BCUT2D eigenvalue weighted by Gasteiger charge is 2.19. The summed E-state index contributed by atoms with van der Waals surface area (Å²) >= 11 is 0. The van der Waals surface area contributed by atoms with E-state index in [0.717, 1.165) is 5.56 Å². The molecule has 18 heavy (non-hydrogen) atoms. The van der Waals surface area contributed by atoms with E-state index >= 15 is 0 Å². The lowest BCUT2D eigenvalue weighted by atomic mass is 10.2. The smallest absolute Gasteiger partial charge is 0.141 e. The minimum atomic E-state index is -2.62. The molecule has 0 saturated heterocycles. The van der Waals surface area contributed by atoms with Gasteiger partial charge in [0.25, 0.3) is 0 Å². The molecular weight excluding hydrogens is 249 g/mol. The van der Waals surface area contributed by atoms with Crippen molar-refractivity contribution in [3.8, 4) is 0 Å². The second-order valence-corrected chi connectivity index (χ2v) is 6.04. The Morgan fingerprint density at radius 1 is 1.06 bits per heavy atom. The van der Waals surface area contributed by atoms with Gasteiger partial charge in [-0.05, 0) is 40.4 Å². The fraction of sp³-hybridized carbons (Fsp3) is 0. The molecule has 0 fully saturated rings. The van der Waals surface area contributed by atoms with Crippen LogP contribution in [0.5, 0.6) is 0 Å². The summed E-state index contributed by atoms with van der Waals surface area (Å²) in [5.41, 5.74) is 1.22. The lowest BCUT2D eigenvalue weighted by Crippen LogP contribution is -2.08. The van der Waals surface area contributed by atoms with Crippen LogP contribution in [-0.4, -0.2) is 4.55 Å². The molecule has 4 heteroatoms. The Hall–Kier alpha value is -1.78. The van der Waals surface area contributed by atoms with Gasteiger partial charge in [0.15, 0.2) is 0 Å². The molecule has 1 atom stereocenters. The highest BCUT2D eigenvalue weighted by atomic mass is 32.3. The molecule has 0 N–H and O–H groups in total. The first kappa shape index (κ1) is 11.3. The zero-order chi connectivity index (χ0) is 12.6. The normalized spacial score (nSPS) is 21.2. The zero-order valence-corrected chi connectivity index (χ0v) is 10.2. The maximum Gasteiger partial charge on any atom is 0.141 e. The van der Waals surface area contributed by atoms with Crippen LogP contribution < -0.4 is 0 Å². The summed E-state index contributed by atoms with van der Waals surface area (Å²) in [7, 11) is -2.62. The van der Waals surface area contributed by atoms with Crippen LogP contribution in [0.2, 0.25) is 0 Å². The summed E-state index contributed by atoms with van der Waals surface area (Å²) in [5.74, 6) is -0.373. The average Bonchev–Trinajstić information content (AvgIpc) is 2.39. The van der Waals surface area contributed by atoms with Crippen molar-refractivity contribution >= 4 is 21.9 Å². The number of hydrogen-bond acceptors (Lipinski definition) is 2. The molecule has 90 valence electrons. The van der Waals surface area contributed by atoms with Crippen molar-refractivity contribution in [1.29, 1.82) is 0 Å². The predicted octanol–water partition coefficient (Wildman–Crippen LogP) is 3.97. The van der Waals surface area contributed by atoms with Gasteiger partial charge in [-0.1, -0.05) is 22.6 Å². The average molecular weight is 259 g/mol. The number of benzene rings is 2. The third-order valence-corrected chi connectivity index (χ3v) is 4.66. The first-order valence-electron chi connectivity index (χ1n) is 5.47. The number of hydrogen-bond donors (Lipinski definition) is 0. The minimum absolute atomic E-state index is 0.373. The number of rotatable bonds is 1. The molecule has 0 spiro atoms. The van der Waals surface area contributed by atoms with Crippen molar-refractivity contribution in [3.05, 3.63) is 65.3 Å². The van der Waals surface area contributed by atoms with Gasteiger partial charge in [0.05, 0.1) is 0 Å². The summed E-state index contributed by atoms with van der Waals surface area (Å²) in [5, 5.41) is 1.59. The van der Waals surface area contributed by atoms with Crippen LogP contribution in [0, 0.1) is 5.82 Å². The third kappa shape index (κ3) is 1.89. The number of halogens is 1. The van der Waals surface area contributed by atoms with E-state index in [1.807, 2.05) is 18.2 Å². The Morgan fingerprint density at radius 2 is 1.83 bits per heavy atom. The molecule has 0 saturated carbocycles. The molecule has 3 rings (SSSR count). The monoisotopic (exact) mass is 259 g/mol. The van der Waals surface area contributed by atoms with Crippen molar-refractivity contribution in [2.24, 2.45) is 4.36 Å². The molecule has 2 aromatic carbocycles. The molecule has 2 aromatic rings. The van der Waals surface area contributed by atoms with E-state index in [0.29, 0.717) is 10.6 Å². The van der Waals surface area contributed by atoms with Crippen LogP contribution >= 0.6 is 0 Å². The lowest BCUT2D eigenvalue weighted by Gasteiger charge is -2.20. The fourth-order valence-electron chi connectivity index (χ4n) is 1.83. The van der Waals surface area contributed by atoms with Crippen LogP contribution in [0.1, 0.15) is 5.56 Å². The minimum Gasteiger partial charge on any atom is -0.622 e. The van der Waals surface area contributed by atoms with Gasteiger partial charge in [0, 0.05) is 11.6 Å². The fourth-order valence-corrected chi connectivity index (χ4v) is 3.48. The van der Waals surface area contributed by atoms with E-state index in [4.69, 9.17) is 0 Å². The summed E-state index contributed by atoms with van der Waals surface area (Å²) in [4.78, 5) is 0.635. The first-order chi connectivity index (χ1) is 8.67. The van der Waals surface area contributed by atoms with E-state index in [1.54, 1.807) is 29.7 Å². The van der Waals surface area contributed by atoms with Crippen molar-refractivity contribution in [1.82, 2.24) is 0 Å². The van der Waals surface area contributed by atoms with Crippen LogP contribution in [0.25, 0.3) is 6.08 Å². The number of nitrogens with zero attached hydrogens (tertiary/aromatic N) is 1. The molecule has 2 nitrogen and oxygen atoms in total. The van der Waals surface area contributed by atoms with Crippen LogP contribution in [-0.2, 0) is 10.1 Å². The van der Waals surface area contributed by atoms with E-state index in [1.165, 1.54) is 12.1 Å². The topological polar surface area (TPSA) is 35.4 Å². The standard InChI is InChI=1S/C14H10FNOS/c15-12-7-6-11-8-9-18(17,16-14(11)10-12)13-4-2-1-3-5-13/h1-10H. The predicted molar refractivity (Wildman–Crippen MR) is 70.4 cm³/mol. The van der Waals surface area contributed by atoms with E-state index in [-0.39, 0.29) is 5.82 Å². The van der Waals surface area contributed by atoms with Gasteiger partial charge in [0.2, 0.25) is 0 Å². The van der Waals surface area contributed by atoms with Gasteiger partial charge in [-0.25, -0.2) is 4.39 Å². The first-order valence-corrected chi connectivity index (χ1v) is 7.05. The molecule has 0 amide bonds. The maximum absolute atomic E-state index is 13.2. The largest absolute Gasteiger partial charge is 0.622 e. The summed E-state index contributed by atoms with van der Waals surface area (Å²) in [6.45, 7) is 0. The van der Waals surface area contributed by atoms with Crippen molar-refractivity contribution in [2.45, 2.75) is 4.90 Å². The van der Waals surface area contributed by atoms with Crippen molar-refractivity contribution < 1.29 is 8.94 Å². The Kier molecular flexibility index (Phi) is 2.61. The van der Waals surface area contributed by atoms with Gasteiger partial charge >= 0.3 is 0 Å². The molecule has 1 aliphatic rings. The van der Waals surface area contributed by atoms with Crippen molar-refractivity contribution in [2.75, 3.05) is 0 Å². The lowest BCUT2D eigenvalue weighted by molar-refractivity contribution is 0.593. The van der Waals surface area contributed by atoms with Gasteiger partial charge in [-0.2, -0.15) is 0 Å². The third-order valence-electron chi connectivity index (χ3n) is 2.74. The van der Waals surface area contributed by atoms with Crippen LogP contribution in [0.15, 0.2) is 63.2 Å². The van der Waals surface area contributed by atoms with Gasteiger partial charge < -0.3 is 4.55 Å². The Bertz CT molecular complexity index is 679. The SMILES string of the molecule is [O-][S+]1(c2ccccc2)=Nc2cc(F)ccc2C=C1. The van der Waals surface area contributed by atoms with Crippen molar-refractivity contribution in [3.63, 3.8) is 0 Å². The molecule has 1 heterocycles. The molecule has 0 radical (unpaired) electrons. The van der Waals surface area contributed by atoms with Gasteiger partial charge in [-0.15, -0.1) is 0 Å². The summed E-state index contributed by atoms with van der Waals surface area (Å²) in [6.07, 6.45) is 1.73. The van der Waals surface area contributed by atoms with Gasteiger partial charge in [-0.3, -0.25) is 0 Å². The molecular formula is C14H10FNOS. The summed E-state index contributed by atoms with van der Waals surface area (Å²) < 4.78 is 30.1. The van der Waals surface area contributed by atoms with E-state index in [9.17, 15) is 8.94 Å². The Balaban J connectivity index is 2.19. The molecule has 0 aromatic heterocycles.